The summed E-state index contributed by atoms with van der Waals surface area (Å²) in [5, 5.41) is 8.80. The lowest BCUT2D eigenvalue weighted by Crippen LogP contribution is -2.23. The minimum absolute atomic E-state index is 0.0511. The topological polar surface area (TPSA) is 109 Å². The monoisotopic (exact) mass is 373 g/mol. The Morgan fingerprint density at radius 1 is 1.27 bits per heavy atom. The lowest BCUT2D eigenvalue weighted by Gasteiger charge is -2.05. The molecule has 2 aromatic carbocycles. The number of carbonyl (C=O) groups is 1. The van der Waals surface area contributed by atoms with Crippen LogP contribution in [0.15, 0.2) is 52.4 Å². The van der Waals surface area contributed by atoms with Crippen molar-refractivity contribution in [3.63, 3.8) is 0 Å². The van der Waals surface area contributed by atoms with E-state index in [9.17, 15) is 17.6 Å². The molecule has 0 bridgehead atoms. The van der Waals surface area contributed by atoms with Gasteiger partial charge in [0.15, 0.2) is 0 Å². The Bertz CT molecular complexity index is 1060. The van der Waals surface area contributed by atoms with Crippen LogP contribution < -0.4 is 4.72 Å². The summed E-state index contributed by atoms with van der Waals surface area (Å²) in [7, 11) is -3.68. The van der Waals surface area contributed by atoms with Crippen LogP contribution in [-0.4, -0.2) is 26.8 Å². The molecule has 0 aliphatic carbocycles. The van der Waals surface area contributed by atoms with Crippen LogP contribution in [-0.2, 0) is 26.2 Å². The Morgan fingerprint density at radius 2 is 2.04 bits per heavy atom. The number of hydrogen-bond acceptors (Lipinski definition) is 6. The van der Waals surface area contributed by atoms with Crippen molar-refractivity contribution in [3.05, 3.63) is 65.0 Å². The molecule has 0 radical (unpaired) electrons. The summed E-state index contributed by atoms with van der Waals surface area (Å²) in [5.74, 6) is -1.31. The first kappa shape index (κ1) is 17.6. The van der Waals surface area contributed by atoms with Gasteiger partial charge in [0.2, 0.25) is 0 Å². The van der Waals surface area contributed by atoms with E-state index in [-0.39, 0.29) is 28.5 Å². The molecule has 0 saturated carbocycles. The number of hydrogen-bond donors (Lipinski definition) is 1. The zero-order chi connectivity index (χ0) is 18.7. The second kappa shape index (κ2) is 6.93. The second-order valence-electron chi connectivity index (χ2n) is 5.35. The number of amidine groups is 1. The van der Waals surface area contributed by atoms with Crippen molar-refractivity contribution in [1.29, 1.82) is 5.26 Å². The first-order valence-electron chi connectivity index (χ1n) is 7.41. The molecule has 3 rings (SSSR count). The molecule has 0 aromatic heterocycles. The second-order valence-corrected chi connectivity index (χ2v) is 7.00. The summed E-state index contributed by atoms with van der Waals surface area (Å²) in [6.07, 6.45) is 0. The first-order valence-corrected chi connectivity index (χ1v) is 8.90. The van der Waals surface area contributed by atoms with Crippen LogP contribution in [0.1, 0.15) is 16.7 Å². The zero-order valence-corrected chi connectivity index (χ0v) is 14.1. The fourth-order valence-corrected chi connectivity index (χ4v) is 3.60. The third kappa shape index (κ3) is 3.55. The number of esters is 1. The van der Waals surface area contributed by atoms with Gasteiger partial charge in [0.1, 0.15) is 24.8 Å². The van der Waals surface area contributed by atoms with E-state index >= 15 is 0 Å². The Balaban J connectivity index is 1.67. The van der Waals surface area contributed by atoms with E-state index in [1.807, 2.05) is 6.07 Å². The summed E-state index contributed by atoms with van der Waals surface area (Å²) in [5.41, 5.74) is 0.680. The molecule has 2 aromatic rings. The fraction of sp³-hybridized carbons (Fsp3) is 0.118. The molecule has 0 spiro atoms. The van der Waals surface area contributed by atoms with Gasteiger partial charge in [-0.2, -0.15) is 5.26 Å². The van der Waals surface area contributed by atoms with Gasteiger partial charge in [-0.15, -0.1) is 0 Å². The summed E-state index contributed by atoms with van der Waals surface area (Å²) >= 11 is 0. The molecule has 132 valence electrons. The predicted octanol–water partition coefficient (Wildman–Crippen LogP) is 1.48. The number of aliphatic imine (C=N–C) groups is 1. The van der Waals surface area contributed by atoms with Gasteiger partial charge in [-0.05, 0) is 30.3 Å². The Morgan fingerprint density at radius 3 is 2.81 bits per heavy atom. The highest BCUT2D eigenvalue weighted by Gasteiger charge is 2.30. The number of benzene rings is 2. The average Bonchev–Trinajstić information content (AvgIpc) is 2.90. The van der Waals surface area contributed by atoms with Crippen LogP contribution in [0, 0.1) is 17.1 Å². The van der Waals surface area contributed by atoms with Gasteiger partial charge in [-0.3, -0.25) is 14.5 Å². The van der Waals surface area contributed by atoms with Crippen LogP contribution in [0.5, 0.6) is 0 Å². The fourth-order valence-electron chi connectivity index (χ4n) is 2.35. The highest BCUT2D eigenvalue weighted by Crippen LogP contribution is 2.22. The number of halogens is 1. The van der Waals surface area contributed by atoms with E-state index in [2.05, 4.69) is 9.71 Å². The molecule has 0 saturated heterocycles. The molecular weight excluding hydrogens is 361 g/mol. The third-order valence-corrected chi connectivity index (χ3v) is 4.99. The Labute approximate surface area is 148 Å². The van der Waals surface area contributed by atoms with Crippen molar-refractivity contribution in [2.45, 2.75) is 11.5 Å². The number of ether oxygens (including phenoxy) is 1. The van der Waals surface area contributed by atoms with Gasteiger partial charge >= 0.3 is 5.97 Å². The minimum Gasteiger partial charge on any atom is -0.459 e. The van der Waals surface area contributed by atoms with Crippen molar-refractivity contribution >= 4 is 21.8 Å². The number of nitriles is 1. The van der Waals surface area contributed by atoms with Crippen molar-refractivity contribution in [2.24, 2.45) is 4.99 Å². The maximum Gasteiger partial charge on any atom is 0.328 e. The Kier molecular flexibility index (Phi) is 4.69. The molecule has 0 amide bonds. The molecule has 9 heteroatoms. The normalized spacial score (nSPS) is 15.8. The summed E-state index contributed by atoms with van der Waals surface area (Å²) < 4.78 is 44.7. The van der Waals surface area contributed by atoms with E-state index < -0.39 is 28.4 Å². The van der Waals surface area contributed by atoms with E-state index in [1.54, 1.807) is 18.2 Å². The van der Waals surface area contributed by atoms with Gasteiger partial charge in [0.25, 0.3) is 10.0 Å². The van der Waals surface area contributed by atoms with Crippen LogP contribution in [0.3, 0.4) is 0 Å². The maximum atomic E-state index is 13.6. The van der Waals surface area contributed by atoms with Crippen LogP contribution >= 0.6 is 0 Å². The van der Waals surface area contributed by atoms with Crippen molar-refractivity contribution in [1.82, 2.24) is 4.72 Å². The van der Waals surface area contributed by atoms with E-state index in [1.165, 1.54) is 18.2 Å². The van der Waals surface area contributed by atoms with E-state index in [0.717, 1.165) is 6.07 Å². The lowest BCUT2D eigenvalue weighted by atomic mass is 10.1. The number of rotatable bonds is 4. The molecule has 0 atom stereocenters. The van der Waals surface area contributed by atoms with Crippen molar-refractivity contribution in [2.75, 3.05) is 6.54 Å². The highest BCUT2D eigenvalue weighted by molar-refractivity contribution is 7.90. The number of sulfonamides is 1. The molecule has 1 heterocycles. The van der Waals surface area contributed by atoms with Gasteiger partial charge in [0, 0.05) is 11.1 Å². The third-order valence-electron chi connectivity index (χ3n) is 3.59. The van der Waals surface area contributed by atoms with Crippen LogP contribution in [0.4, 0.5) is 4.39 Å². The number of fused-ring (bicyclic) bond motifs is 1. The number of carbonyl (C=O) groups excluding carboxylic acids is 1. The largest absolute Gasteiger partial charge is 0.459 e. The number of nitrogens with one attached hydrogen (secondary N) is 1. The summed E-state index contributed by atoms with van der Waals surface area (Å²) in [4.78, 5) is 15.8. The SMILES string of the molecule is N#Cc1ccc(F)c(COC(=O)CN=C2NS(=O)(=O)c3ccccc32)c1. The van der Waals surface area contributed by atoms with Gasteiger partial charge in [-0.25, -0.2) is 12.8 Å². The van der Waals surface area contributed by atoms with E-state index in [4.69, 9.17) is 10.00 Å². The molecule has 1 aliphatic rings. The van der Waals surface area contributed by atoms with Crippen LogP contribution in [0.25, 0.3) is 0 Å². The predicted molar refractivity (Wildman–Crippen MR) is 89.1 cm³/mol. The molecular formula is C17H12FN3O4S. The molecule has 7 nitrogen and oxygen atoms in total. The lowest BCUT2D eigenvalue weighted by molar-refractivity contribution is -0.143. The highest BCUT2D eigenvalue weighted by atomic mass is 32.2. The molecule has 1 aliphatic heterocycles. The molecule has 0 unspecified atom stereocenters. The molecule has 1 N–H and O–H groups in total. The van der Waals surface area contributed by atoms with E-state index in [0.29, 0.717) is 5.56 Å². The van der Waals surface area contributed by atoms with Gasteiger partial charge < -0.3 is 4.74 Å². The quantitative estimate of drug-likeness (QED) is 0.817. The van der Waals surface area contributed by atoms with Gasteiger partial charge in [-0.1, -0.05) is 12.1 Å². The maximum absolute atomic E-state index is 13.6. The average molecular weight is 373 g/mol. The first-order chi connectivity index (χ1) is 12.4. The van der Waals surface area contributed by atoms with Crippen LogP contribution in [0.2, 0.25) is 0 Å². The summed E-state index contributed by atoms with van der Waals surface area (Å²) in [6.45, 7) is -0.793. The summed E-state index contributed by atoms with van der Waals surface area (Å²) in [6, 6.07) is 11.8. The number of nitrogens with zero attached hydrogens (tertiary/aromatic N) is 2. The molecule has 26 heavy (non-hydrogen) atoms. The van der Waals surface area contributed by atoms with Crippen molar-refractivity contribution in [3.8, 4) is 6.07 Å². The Hall–Kier alpha value is -3.25. The smallest absolute Gasteiger partial charge is 0.328 e. The zero-order valence-electron chi connectivity index (χ0n) is 13.3. The van der Waals surface area contributed by atoms with Crippen molar-refractivity contribution < 1.29 is 22.3 Å². The van der Waals surface area contributed by atoms with Gasteiger partial charge in [0.05, 0.1) is 16.5 Å². The standard InChI is InChI=1S/C17H12FN3O4S/c18-14-6-5-11(8-19)7-12(14)10-25-16(22)9-20-17-13-3-1-2-4-15(13)26(23,24)21-17/h1-7H,9-10H2,(H,20,21). The minimum atomic E-state index is -3.68. The molecule has 0 fully saturated rings.